The van der Waals surface area contributed by atoms with E-state index in [1.807, 2.05) is 0 Å². The maximum atomic E-state index is 10.9. The molecule has 0 radical (unpaired) electrons. The average molecular weight is 284 g/mol. The van der Waals surface area contributed by atoms with Crippen molar-refractivity contribution in [3.63, 3.8) is 0 Å². The van der Waals surface area contributed by atoms with Gasteiger partial charge < -0.3 is 15.2 Å². The number of aryl methyl sites for hydroxylation is 1. The zero-order valence-corrected chi connectivity index (χ0v) is 12.4. The Labute approximate surface area is 119 Å². The van der Waals surface area contributed by atoms with Crippen LogP contribution in [0, 0.1) is 17.0 Å². The Morgan fingerprint density at radius 2 is 2.10 bits per heavy atom. The highest BCUT2D eigenvalue weighted by atomic mass is 16.6. The van der Waals surface area contributed by atoms with Crippen molar-refractivity contribution in [3.05, 3.63) is 22.1 Å². The van der Waals surface area contributed by atoms with Crippen molar-refractivity contribution in [2.24, 2.45) is 0 Å². The van der Waals surface area contributed by atoms with E-state index in [0.29, 0.717) is 31.5 Å². The van der Waals surface area contributed by atoms with Gasteiger partial charge in [-0.2, -0.15) is 0 Å². The summed E-state index contributed by atoms with van der Waals surface area (Å²) in [6, 6.07) is 0.394. The fourth-order valence-electron chi connectivity index (χ4n) is 2.52. The minimum atomic E-state index is -0.409. The van der Waals surface area contributed by atoms with Crippen molar-refractivity contribution in [2.45, 2.75) is 46.2 Å². The van der Waals surface area contributed by atoms with Gasteiger partial charge in [0.1, 0.15) is 12.7 Å². The van der Waals surface area contributed by atoms with Gasteiger partial charge in [-0.15, -0.1) is 0 Å². The van der Waals surface area contributed by atoms with E-state index in [4.69, 9.17) is 5.11 Å². The Morgan fingerprint density at radius 3 is 2.60 bits per heavy atom. The number of imidazole rings is 1. The lowest BCUT2D eigenvalue weighted by Gasteiger charge is -2.29. The first-order valence-corrected chi connectivity index (χ1v) is 7.06. The molecular weight excluding hydrogens is 260 g/mol. The Bertz CT molecular complexity index is 429. The van der Waals surface area contributed by atoms with E-state index in [9.17, 15) is 10.1 Å². The van der Waals surface area contributed by atoms with Crippen LogP contribution in [0.25, 0.3) is 0 Å². The van der Waals surface area contributed by atoms with Crippen molar-refractivity contribution in [3.8, 4) is 0 Å². The third kappa shape index (κ3) is 4.01. The van der Waals surface area contributed by atoms with Crippen molar-refractivity contribution < 1.29 is 10.0 Å². The molecule has 0 bridgehead atoms. The number of aliphatic hydroxyl groups excluding tert-OH is 1. The summed E-state index contributed by atoms with van der Waals surface area (Å²) in [5, 5.41) is 20.1. The fourth-order valence-corrected chi connectivity index (χ4v) is 2.52. The van der Waals surface area contributed by atoms with E-state index in [1.54, 1.807) is 11.5 Å². The first-order valence-electron chi connectivity index (χ1n) is 7.06. The second kappa shape index (κ2) is 7.96. The average Bonchev–Trinajstić information content (AvgIpc) is 2.78. The van der Waals surface area contributed by atoms with Crippen LogP contribution in [-0.2, 0) is 6.54 Å². The minimum Gasteiger partial charge on any atom is -0.395 e. The molecule has 0 fully saturated rings. The minimum absolute atomic E-state index is 0.0241. The van der Waals surface area contributed by atoms with Gasteiger partial charge in [0, 0.05) is 26.1 Å². The summed E-state index contributed by atoms with van der Waals surface area (Å²) in [5.74, 6) is 0.668. The zero-order valence-electron chi connectivity index (χ0n) is 12.4. The van der Waals surface area contributed by atoms with Crippen LogP contribution in [0.15, 0.2) is 6.20 Å². The molecule has 0 aliphatic heterocycles. The number of nitrogens with zero attached hydrogens (tertiary/aromatic N) is 4. The molecule has 1 N–H and O–H groups in total. The second-order valence-electron chi connectivity index (χ2n) is 4.80. The molecule has 0 aliphatic rings. The Morgan fingerprint density at radius 1 is 1.45 bits per heavy atom. The van der Waals surface area contributed by atoms with Crippen molar-refractivity contribution in [2.75, 3.05) is 19.7 Å². The third-order valence-corrected chi connectivity index (χ3v) is 3.68. The van der Waals surface area contributed by atoms with Crippen LogP contribution in [-0.4, -0.2) is 50.2 Å². The molecule has 0 aliphatic carbocycles. The molecule has 1 aromatic heterocycles. The topological polar surface area (TPSA) is 84.4 Å². The molecule has 7 nitrogen and oxygen atoms in total. The van der Waals surface area contributed by atoms with Crippen LogP contribution in [0.2, 0.25) is 0 Å². The summed E-state index contributed by atoms with van der Waals surface area (Å²) in [6.45, 7) is 7.87. The highest BCUT2D eigenvalue weighted by Crippen LogP contribution is 2.15. The SMILES string of the molecule is CCC(CC)N(CCO)CCn1c([N+](=O)[O-])cnc1C. The molecule has 0 spiro atoms. The smallest absolute Gasteiger partial charge is 0.342 e. The second-order valence-corrected chi connectivity index (χ2v) is 4.80. The Hall–Kier alpha value is -1.47. The quantitative estimate of drug-likeness (QED) is 0.550. The molecule has 7 heteroatoms. The summed E-state index contributed by atoms with van der Waals surface area (Å²) in [6.07, 6.45) is 3.30. The fraction of sp³-hybridized carbons (Fsp3) is 0.769. The third-order valence-electron chi connectivity index (χ3n) is 3.68. The van der Waals surface area contributed by atoms with Crippen LogP contribution in [0.1, 0.15) is 32.5 Å². The molecule has 1 heterocycles. The normalized spacial score (nSPS) is 11.5. The molecule has 0 amide bonds. The lowest BCUT2D eigenvalue weighted by molar-refractivity contribution is -0.392. The predicted octanol–water partition coefficient (Wildman–Crippen LogP) is 1.58. The summed E-state index contributed by atoms with van der Waals surface area (Å²) in [7, 11) is 0. The largest absolute Gasteiger partial charge is 0.395 e. The van der Waals surface area contributed by atoms with Crippen LogP contribution in [0.3, 0.4) is 0 Å². The van der Waals surface area contributed by atoms with Crippen LogP contribution < -0.4 is 0 Å². The number of aliphatic hydroxyl groups is 1. The van der Waals surface area contributed by atoms with Crippen molar-refractivity contribution in [1.82, 2.24) is 14.5 Å². The number of aromatic nitrogens is 2. The monoisotopic (exact) mass is 284 g/mol. The van der Waals surface area contributed by atoms with Gasteiger partial charge in [0.2, 0.25) is 0 Å². The molecule has 1 aromatic rings. The number of rotatable bonds is 9. The van der Waals surface area contributed by atoms with Gasteiger partial charge in [-0.25, -0.2) is 9.55 Å². The van der Waals surface area contributed by atoms with E-state index in [-0.39, 0.29) is 12.4 Å². The van der Waals surface area contributed by atoms with E-state index in [0.717, 1.165) is 12.8 Å². The van der Waals surface area contributed by atoms with Crippen LogP contribution in [0.5, 0.6) is 0 Å². The van der Waals surface area contributed by atoms with Gasteiger partial charge in [0.05, 0.1) is 6.61 Å². The molecular formula is C13H24N4O3. The maximum Gasteiger partial charge on any atom is 0.342 e. The predicted molar refractivity (Wildman–Crippen MR) is 76.6 cm³/mol. The van der Waals surface area contributed by atoms with Gasteiger partial charge in [-0.1, -0.05) is 13.8 Å². The molecule has 1 rings (SSSR count). The summed E-state index contributed by atoms with van der Waals surface area (Å²) in [4.78, 5) is 16.7. The van der Waals surface area contributed by atoms with E-state index < -0.39 is 4.92 Å². The highest BCUT2D eigenvalue weighted by molar-refractivity contribution is 5.18. The van der Waals surface area contributed by atoms with Gasteiger partial charge in [0.15, 0.2) is 5.82 Å². The molecule has 0 saturated heterocycles. The summed E-state index contributed by atoms with van der Waals surface area (Å²) >= 11 is 0. The Kier molecular flexibility index (Phi) is 6.60. The van der Waals surface area contributed by atoms with Gasteiger partial charge in [-0.05, 0) is 17.8 Å². The molecule has 0 saturated carbocycles. The highest BCUT2D eigenvalue weighted by Gasteiger charge is 2.20. The number of hydrogen-bond donors (Lipinski definition) is 1. The molecule has 0 aromatic carbocycles. The lowest BCUT2D eigenvalue weighted by atomic mass is 10.1. The molecule has 20 heavy (non-hydrogen) atoms. The Balaban J connectivity index is 2.77. The zero-order chi connectivity index (χ0) is 15.1. The van der Waals surface area contributed by atoms with Crippen molar-refractivity contribution in [1.29, 1.82) is 0 Å². The van der Waals surface area contributed by atoms with Crippen LogP contribution in [0.4, 0.5) is 5.82 Å². The summed E-state index contributed by atoms with van der Waals surface area (Å²) < 4.78 is 1.62. The summed E-state index contributed by atoms with van der Waals surface area (Å²) in [5.41, 5.74) is 0. The molecule has 0 unspecified atom stereocenters. The standard InChI is InChI=1S/C13H24N4O3/c1-4-12(5-2)15(8-9-18)6-7-16-11(3)14-10-13(16)17(19)20/h10,12,18H,4-9H2,1-3H3. The first-order chi connectivity index (χ1) is 9.54. The van der Waals surface area contributed by atoms with Gasteiger partial charge >= 0.3 is 5.82 Å². The number of hydrogen-bond acceptors (Lipinski definition) is 5. The van der Waals surface area contributed by atoms with Gasteiger partial charge in [-0.3, -0.25) is 4.90 Å². The van der Waals surface area contributed by atoms with E-state index >= 15 is 0 Å². The lowest BCUT2D eigenvalue weighted by Crippen LogP contribution is -2.39. The van der Waals surface area contributed by atoms with E-state index in [2.05, 4.69) is 23.7 Å². The maximum absolute atomic E-state index is 10.9. The van der Waals surface area contributed by atoms with Crippen molar-refractivity contribution >= 4 is 5.82 Å². The first kappa shape index (κ1) is 16.6. The van der Waals surface area contributed by atoms with E-state index in [1.165, 1.54) is 6.20 Å². The molecule has 114 valence electrons. The number of nitro groups is 1. The molecule has 0 atom stereocenters. The van der Waals surface area contributed by atoms with Crippen LogP contribution >= 0.6 is 0 Å². The van der Waals surface area contributed by atoms with Gasteiger partial charge in [0.25, 0.3) is 0 Å².